The summed E-state index contributed by atoms with van der Waals surface area (Å²) in [5.74, 6) is 0.226. The van der Waals surface area contributed by atoms with Crippen molar-refractivity contribution < 1.29 is 4.39 Å². The van der Waals surface area contributed by atoms with Crippen LogP contribution in [0.5, 0.6) is 0 Å². The number of aromatic nitrogens is 3. The third kappa shape index (κ3) is 3.42. The zero-order valence-electron chi connectivity index (χ0n) is 15.8. The molecule has 1 aliphatic rings. The molecule has 1 fully saturated rings. The molecule has 0 bridgehead atoms. The first-order valence-electron chi connectivity index (χ1n) is 9.88. The molecule has 0 unspecified atom stereocenters. The number of fused-ring (bicyclic) bond motifs is 2. The van der Waals surface area contributed by atoms with E-state index in [4.69, 9.17) is 4.98 Å². The molecule has 2 aromatic heterocycles. The van der Waals surface area contributed by atoms with E-state index in [1.54, 1.807) is 12.3 Å². The average Bonchev–Trinajstić information content (AvgIpc) is 3.26. The third-order valence-corrected chi connectivity index (χ3v) is 6.57. The van der Waals surface area contributed by atoms with Gasteiger partial charge in [0.25, 0.3) is 5.56 Å². The number of para-hydroxylation sites is 1. The van der Waals surface area contributed by atoms with E-state index < -0.39 is 0 Å². The maximum absolute atomic E-state index is 14.1. The van der Waals surface area contributed by atoms with Gasteiger partial charge < -0.3 is 0 Å². The first-order chi connectivity index (χ1) is 14.2. The maximum Gasteiger partial charge on any atom is 0.262 e. The molecule has 6 heteroatoms. The molecule has 2 heterocycles. The number of hydrogen-bond acceptors (Lipinski definition) is 4. The Kier molecular flexibility index (Phi) is 4.79. The number of thioether (sulfide) groups is 1. The first-order valence-corrected chi connectivity index (χ1v) is 10.9. The van der Waals surface area contributed by atoms with Crippen molar-refractivity contribution in [2.45, 2.75) is 42.6 Å². The molecule has 1 saturated carbocycles. The molecular weight excluding hydrogens is 385 g/mol. The van der Waals surface area contributed by atoms with E-state index in [2.05, 4.69) is 4.98 Å². The minimum atomic E-state index is -0.277. The van der Waals surface area contributed by atoms with Crippen molar-refractivity contribution in [2.75, 3.05) is 0 Å². The van der Waals surface area contributed by atoms with Crippen molar-refractivity contribution in [1.29, 1.82) is 0 Å². The molecule has 1 aliphatic carbocycles. The maximum atomic E-state index is 14.1. The normalized spacial score (nSPS) is 14.8. The molecule has 0 spiro atoms. The van der Waals surface area contributed by atoms with Crippen LogP contribution in [0.1, 0.15) is 37.3 Å². The Hall–Kier alpha value is -2.73. The van der Waals surface area contributed by atoms with E-state index in [9.17, 15) is 9.18 Å². The van der Waals surface area contributed by atoms with Crippen LogP contribution in [-0.2, 0) is 5.75 Å². The van der Waals surface area contributed by atoms with E-state index in [-0.39, 0.29) is 17.4 Å². The molecule has 0 N–H and O–H groups in total. The number of hydrogen-bond donors (Lipinski definition) is 0. The third-order valence-electron chi connectivity index (χ3n) is 5.57. The van der Waals surface area contributed by atoms with Gasteiger partial charge in [-0.25, -0.2) is 9.37 Å². The summed E-state index contributed by atoms with van der Waals surface area (Å²) in [5, 5.41) is 2.14. The summed E-state index contributed by atoms with van der Waals surface area (Å²) in [7, 11) is 0. The van der Waals surface area contributed by atoms with Crippen molar-refractivity contribution in [3.8, 4) is 0 Å². The lowest BCUT2D eigenvalue weighted by Crippen LogP contribution is -2.26. The van der Waals surface area contributed by atoms with Gasteiger partial charge in [0.2, 0.25) is 0 Å². The van der Waals surface area contributed by atoms with Gasteiger partial charge in [-0.2, -0.15) is 0 Å². The van der Waals surface area contributed by atoms with E-state index in [1.165, 1.54) is 23.9 Å². The van der Waals surface area contributed by atoms with Crippen LogP contribution in [0.2, 0.25) is 0 Å². The van der Waals surface area contributed by atoms with Crippen LogP contribution in [0.25, 0.3) is 21.8 Å². The Morgan fingerprint density at radius 1 is 1.10 bits per heavy atom. The fraction of sp³-hybridized carbons (Fsp3) is 0.261. The highest BCUT2D eigenvalue weighted by atomic mass is 32.2. The SMILES string of the molecule is O=c1c2ccccc2nc(SCc2cc(F)cc3cccnc23)n1C1CCCC1. The van der Waals surface area contributed by atoms with E-state index in [0.29, 0.717) is 21.8 Å². The summed E-state index contributed by atoms with van der Waals surface area (Å²) in [6.07, 6.45) is 5.98. The lowest BCUT2D eigenvalue weighted by Gasteiger charge is -2.18. The van der Waals surface area contributed by atoms with Crippen LogP contribution in [0, 0.1) is 5.82 Å². The second kappa shape index (κ2) is 7.59. The van der Waals surface area contributed by atoms with Crippen molar-refractivity contribution in [3.05, 3.63) is 76.5 Å². The molecule has 4 aromatic rings. The van der Waals surface area contributed by atoms with Crippen LogP contribution in [0.4, 0.5) is 4.39 Å². The van der Waals surface area contributed by atoms with E-state index >= 15 is 0 Å². The van der Waals surface area contributed by atoms with Gasteiger partial charge in [0.05, 0.1) is 16.4 Å². The van der Waals surface area contributed by atoms with Crippen molar-refractivity contribution in [2.24, 2.45) is 0 Å². The van der Waals surface area contributed by atoms with Crippen molar-refractivity contribution in [1.82, 2.24) is 14.5 Å². The molecule has 146 valence electrons. The minimum Gasteiger partial charge on any atom is -0.284 e. The standard InChI is InChI=1S/C23H20FN3OS/c24-17-12-15-6-5-11-25-21(15)16(13-17)14-29-23-26-20-10-4-3-9-19(20)22(28)27(23)18-7-1-2-8-18/h3-6,9-13,18H,1-2,7-8,14H2. The Morgan fingerprint density at radius 3 is 2.79 bits per heavy atom. The Balaban J connectivity index is 1.59. The molecule has 0 atom stereocenters. The first kappa shape index (κ1) is 18.3. The van der Waals surface area contributed by atoms with Gasteiger partial charge in [0.15, 0.2) is 5.16 Å². The molecule has 2 aromatic carbocycles. The van der Waals surface area contributed by atoms with Gasteiger partial charge in [-0.05, 0) is 48.7 Å². The Bertz CT molecular complexity index is 1260. The molecule has 0 aliphatic heterocycles. The highest BCUT2D eigenvalue weighted by molar-refractivity contribution is 7.98. The number of pyridine rings is 1. The predicted molar refractivity (Wildman–Crippen MR) is 115 cm³/mol. The number of benzene rings is 2. The quantitative estimate of drug-likeness (QED) is 0.333. The van der Waals surface area contributed by atoms with Crippen molar-refractivity contribution >= 4 is 33.6 Å². The zero-order valence-corrected chi connectivity index (χ0v) is 16.7. The van der Waals surface area contributed by atoms with Gasteiger partial charge in [-0.15, -0.1) is 0 Å². The molecule has 0 saturated heterocycles. The minimum absolute atomic E-state index is 0.0206. The van der Waals surface area contributed by atoms with Crippen LogP contribution < -0.4 is 5.56 Å². The molecule has 4 nitrogen and oxygen atoms in total. The van der Waals surface area contributed by atoms with Crippen molar-refractivity contribution in [3.63, 3.8) is 0 Å². The second-order valence-electron chi connectivity index (χ2n) is 7.45. The summed E-state index contributed by atoms with van der Waals surface area (Å²) >= 11 is 1.48. The summed E-state index contributed by atoms with van der Waals surface area (Å²) in [6.45, 7) is 0. The summed E-state index contributed by atoms with van der Waals surface area (Å²) in [5.41, 5.74) is 2.33. The van der Waals surface area contributed by atoms with E-state index in [0.717, 1.165) is 42.1 Å². The predicted octanol–water partition coefficient (Wildman–Crippen LogP) is 5.49. The lowest BCUT2D eigenvalue weighted by atomic mass is 10.1. The Morgan fingerprint density at radius 2 is 1.93 bits per heavy atom. The largest absolute Gasteiger partial charge is 0.284 e. The monoisotopic (exact) mass is 405 g/mol. The molecule has 0 radical (unpaired) electrons. The zero-order chi connectivity index (χ0) is 19.8. The smallest absolute Gasteiger partial charge is 0.262 e. The van der Waals surface area contributed by atoms with Crippen LogP contribution in [-0.4, -0.2) is 14.5 Å². The van der Waals surface area contributed by atoms with Gasteiger partial charge in [-0.3, -0.25) is 14.3 Å². The van der Waals surface area contributed by atoms with E-state index in [1.807, 2.05) is 34.9 Å². The molecule has 29 heavy (non-hydrogen) atoms. The van der Waals surface area contributed by atoms with Crippen LogP contribution in [0.15, 0.2) is 64.7 Å². The summed E-state index contributed by atoms with van der Waals surface area (Å²) < 4.78 is 16.0. The second-order valence-corrected chi connectivity index (χ2v) is 8.40. The lowest BCUT2D eigenvalue weighted by molar-refractivity contribution is 0.457. The summed E-state index contributed by atoms with van der Waals surface area (Å²) in [4.78, 5) is 22.5. The Labute approximate surface area is 171 Å². The van der Waals surface area contributed by atoms with Gasteiger partial charge in [0, 0.05) is 23.4 Å². The van der Waals surface area contributed by atoms with Crippen LogP contribution >= 0.6 is 11.8 Å². The fourth-order valence-corrected chi connectivity index (χ4v) is 5.23. The topological polar surface area (TPSA) is 47.8 Å². The highest BCUT2D eigenvalue weighted by Crippen LogP contribution is 2.33. The molecular formula is C23H20FN3OS. The average molecular weight is 405 g/mol. The summed E-state index contributed by atoms with van der Waals surface area (Å²) in [6, 6.07) is 14.4. The highest BCUT2D eigenvalue weighted by Gasteiger charge is 2.23. The number of rotatable bonds is 4. The van der Waals surface area contributed by atoms with Gasteiger partial charge in [-0.1, -0.05) is 42.8 Å². The van der Waals surface area contributed by atoms with Crippen LogP contribution in [0.3, 0.4) is 0 Å². The van der Waals surface area contributed by atoms with Gasteiger partial charge in [0.1, 0.15) is 5.82 Å². The molecule has 0 amide bonds. The molecule has 5 rings (SSSR count). The number of nitrogens with zero attached hydrogens (tertiary/aromatic N) is 3. The fourth-order valence-electron chi connectivity index (χ4n) is 4.19. The number of halogens is 1. The van der Waals surface area contributed by atoms with Gasteiger partial charge >= 0.3 is 0 Å².